The van der Waals surface area contributed by atoms with Crippen molar-refractivity contribution < 1.29 is 0 Å². The summed E-state index contributed by atoms with van der Waals surface area (Å²) in [7, 11) is 4.07. The van der Waals surface area contributed by atoms with Crippen molar-refractivity contribution >= 4 is 0 Å². The van der Waals surface area contributed by atoms with E-state index >= 15 is 0 Å². The van der Waals surface area contributed by atoms with Crippen LogP contribution in [0.25, 0.3) is 5.69 Å². The summed E-state index contributed by atoms with van der Waals surface area (Å²) in [6.07, 6.45) is 7.07. The highest BCUT2D eigenvalue weighted by Crippen LogP contribution is 2.13. The predicted octanol–water partition coefficient (Wildman–Crippen LogP) is 3.70. The number of rotatable bonds is 8. The van der Waals surface area contributed by atoms with Gasteiger partial charge in [0, 0.05) is 6.54 Å². The van der Waals surface area contributed by atoms with Crippen LogP contribution in [-0.4, -0.2) is 34.0 Å². The summed E-state index contributed by atoms with van der Waals surface area (Å²) < 4.78 is 1.85. The maximum Gasteiger partial charge on any atom is 0.0971 e. The first-order chi connectivity index (χ1) is 10.5. The topological polar surface area (TPSA) is 34.0 Å². The van der Waals surface area contributed by atoms with Gasteiger partial charge < -0.3 is 4.90 Å². The first-order valence-electron chi connectivity index (χ1n) is 8.20. The molecule has 4 heteroatoms. The van der Waals surface area contributed by atoms with Gasteiger partial charge in [-0.25, -0.2) is 4.68 Å². The molecule has 0 saturated carbocycles. The predicted molar refractivity (Wildman–Crippen MR) is 91.1 cm³/mol. The highest BCUT2D eigenvalue weighted by atomic mass is 15.4. The van der Waals surface area contributed by atoms with Crippen LogP contribution in [0.4, 0.5) is 0 Å². The first-order valence-corrected chi connectivity index (χ1v) is 8.20. The minimum Gasteiger partial charge on any atom is -0.303 e. The van der Waals surface area contributed by atoms with Gasteiger partial charge in [-0.15, -0.1) is 5.10 Å². The van der Waals surface area contributed by atoms with E-state index in [9.17, 15) is 0 Å². The van der Waals surface area contributed by atoms with E-state index in [0.29, 0.717) is 0 Å². The largest absolute Gasteiger partial charge is 0.303 e. The number of aromatic nitrogens is 3. The van der Waals surface area contributed by atoms with Crippen molar-refractivity contribution in [2.45, 2.75) is 46.1 Å². The van der Waals surface area contributed by atoms with Gasteiger partial charge in [0.1, 0.15) is 0 Å². The summed E-state index contributed by atoms with van der Waals surface area (Å²) in [4.78, 5) is 2.09. The zero-order valence-electron chi connectivity index (χ0n) is 14.3. The molecular formula is C18H28N4. The van der Waals surface area contributed by atoms with Gasteiger partial charge in [-0.05, 0) is 50.6 Å². The molecule has 0 N–H and O–H groups in total. The molecule has 4 nitrogen and oxygen atoms in total. The van der Waals surface area contributed by atoms with Crippen LogP contribution in [0, 0.1) is 5.92 Å². The van der Waals surface area contributed by atoms with Crippen LogP contribution in [0.2, 0.25) is 0 Å². The second kappa shape index (κ2) is 8.08. The lowest BCUT2D eigenvalue weighted by Crippen LogP contribution is -2.10. The summed E-state index contributed by atoms with van der Waals surface area (Å²) in [6, 6.07) is 8.67. The zero-order valence-corrected chi connectivity index (χ0v) is 14.3. The molecule has 0 aliphatic rings. The summed E-state index contributed by atoms with van der Waals surface area (Å²) in [5.41, 5.74) is 3.47. The number of aryl methyl sites for hydroxylation is 1. The molecule has 0 bridgehead atoms. The lowest BCUT2D eigenvalue weighted by molar-refractivity contribution is 0.396. The Labute approximate surface area is 134 Å². The van der Waals surface area contributed by atoms with Gasteiger partial charge in [-0.2, -0.15) is 0 Å². The normalized spacial score (nSPS) is 11.5. The van der Waals surface area contributed by atoms with Crippen LogP contribution in [0.15, 0.2) is 30.5 Å². The molecule has 22 heavy (non-hydrogen) atoms. The van der Waals surface area contributed by atoms with Gasteiger partial charge in [-0.1, -0.05) is 44.0 Å². The highest BCUT2D eigenvalue weighted by molar-refractivity contribution is 5.33. The number of hydrogen-bond donors (Lipinski definition) is 0. The van der Waals surface area contributed by atoms with E-state index in [4.69, 9.17) is 0 Å². The standard InChI is InChI=1S/C18H28N4/c1-15(2)7-5-6-8-16-9-11-18(12-10-16)22-14-17(19-20-22)13-21(3)4/h9-12,14-15H,5-8,13H2,1-4H3. The van der Waals surface area contributed by atoms with Crippen LogP contribution in [0.5, 0.6) is 0 Å². The lowest BCUT2D eigenvalue weighted by atomic mass is 10.0. The van der Waals surface area contributed by atoms with Gasteiger partial charge in [0.2, 0.25) is 0 Å². The molecule has 0 amide bonds. The number of unbranched alkanes of at least 4 members (excludes halogenated alkanes) is 1. The van der Waals surface area contributed by atoms with E-state index < -0.39 is 0 Å². The minimum absolute atomic E-state index is 0.811. The molecule has 0 radical (unpaired) electrons. The Bertz CT molecular complexity index is 555. The Morgan fingerprint density at radius 3 is 2.45 bits per heavy atom. The lowest BCUT2D eigenvalue weighted by Gasteiger charge is -2.06. The molecule has 1 aromatic carbocycles. The molecule has 1 heterocycles. The van der Waals surface area contributed by atoms with E-state index in [1.165, 1.54) is 24.8 Å². The molecule has 1 aromatic heterocycles. The third kappa shape index (κ3) is 5.26. The molecule has 0 saturated heterocycles. The smallest absolute Gasteiger partial charge is 0.0971 e. The number of benzene rings is 1. The molecule has 0 unspecified atom stereocenters. The maximum absolute atomic E-state index is 4.20. The Hall–Kier alpha value is -1.68. The van der Waals surface area contributed by atoms with Gasteiger partial charge in [-0.3, -0.25) is 0 Å². The SMILES string of the molecule is CC(C)CCCCc1ccc(-n2cc(CN(C)C)nn2)cc1. The third-order valence-corrected chi connectivity index (χ3v) is 3.72. The van der Waals surface area contributed by atoms with Crippen LogP contribution >= 0.6 is 0 Å². The van der Waals surface area contributed by atoms with Crippen molar-refractivity contribution in [1.29, 1.82) is 0 Å². The van der Waals surface area contributed by atoms with Crippen molar-refractivity contribution in [2.24, 2.45) is 5.92 Å². The molecule has 0 spiro atoms. The average Bonchev–Trinajstić information content (AvgIpc) is 2.92. The van der Waals surface area contributed by atoms with Crippen molar-refractivity contribution in [3.8, 4) is 5.69 Å². The van der Waals surface area contributed by atoms with Crippen molar-refractivity contribution in [3.63, 3.8) is 0 Å². The highest BCUT2D eigenvalue weighted by Gasteiger charge is 2.04. The van der Waals surface area contributed by atoms with Gasteiger partial charge in [0.25, 0.3) is 0 Å². The van der Waals surface area contributed by atoms with E-state index in [0.717, 1.165) is 30.3 Å². The van der Waals surface area contributed by atoms with Crippen molar-refractivity contribution in [1.82, 2.24) is 19.9 Å². The molecule has 0 fully saturated rings. The van der Waals surface area contributed by atoms with Crippen molar-refractivity contribution in [3.05, 3.63) is 41.7 Å². The summed E-state index contributed by atoms with van der Waals surface area (Å²) in [5.74, 6) is 0.811. The van der Waals surface area contributed by atoms with Crippen LogP contribution in [0.3, 0.4) is 0 Å². The van der Waals surface area contributed by atoms with E-state index in [1.54, 1.807) is 0 Å². The Morgan fingerprint density at radius 1 is 1.09 bits per heavy atom. The minimum atomic E-state index is 0.811. The summed E-state index contributed by atoms with van der Waals surface area (Å²) in [5, 5.41) is 8.41. The summed E-state index contributed by atoms with van der Waals surface area (Å²) >= 11 is 0. The second-order valence-corrected chi connectivity index (χ2v) is 6.70. The fourth-order valence-electron chi connectivity index (χ4n) is 2.52. The number of nitrogens with zero attached hydrogens (tertiary/aromatic N) is 4. The fourth-order valence-corrected chi connectivity index (χ4v) is 2.52. The van der Waals surface area contributed by atoms with E-state index in [2.05, 4.69) is 53.3 Å². The zero-order chi connectivity index (χ0) is 15.9. The van der Waals surface area contributed by atoms with Gasteiger partial charge in [0.15, 0.2) is 0 Å². The second-order valence-electron chi connectivity index (χ2n) is 6.70. The maximum atomic E-state index is 4.20. The fraction of sp³-hybridized carbons (Fsp3) is 0.556. The molecule has 2 aromatic rings. The average molecular weight is 300 g/mol. The molecule has 120 valence electrons. The number of hydrogen-bond acceptors (Lipinski definition) is 3. The van der Waals surface area contributed by atoms with Crippen LogP contribution in [-0.2, 0) is 13.0 Å². The van der Waals surface area contributed by atoms with Crippen molar-refractivity contribution in [2.75, 3.05) is 14.1 Å². The van der Waals surface area contributed by atoms with Gasteiger partial charge >= 0.3 is 0 Å². The Morgan fingerprint density at radius 2 is 1.82 bits per heavy atom. The molecule has 0 atom stereocenters. The Kier molecular flexibility index (Phi) is 6.13. The monoisotopic (exact) mass is 300 g/mol. The Balaban J connectivity index is 1.89. The van der Waals surface area contributed by atoms with Gasteiger partial charge in [0.05, 0.1) is 17.6 Å². The quantitative estimate of drug-likeness (QED) is 0.697. The van der Waals surface area contributed by atoms with Crippen LogP contribution < -0.4 is 0 Å². The van der Waals surface area contributed by atoms with E-state index in [1.807, 2.05) is 25.0 Å². The summed E-state index contributed by atoms with van der Waals surface area (Å²) in [6.45, 7) is 5.39. The molecule has 0 aliphatic carbocycles. The third-order valence-electron chi connectivity index (χ3n) is 3.72. The molecular weight excluding hydrogens is 272 g/mol. The van der Waals surface area contributed by atoms with E-state index in [-0.39, 0.29) is 0 Å². The molecule has 0 aliphatic heterocycles. The molecule has 2 rings (SSSR count). The first kappa shape index (κ1) is 16.7. The van der Waals surface area contributed by atoms with Crippen LogP contribution in [0.1, 0.15) is 44.4 Å².